The van der Waals surface area contributed by atoms with E-state index in [-0.39, 0.29) is 47.5 Å². The number of carbonyl (C=O) groups excluding carboxylic acids is 3. The van der Waals surface area contributed by atoms with Crippen LogP contribution in [0.4, 0.5) is 5.82 Å². The lowest BCUT2D eigenvalue weighted by atomic mass is 9.87. The van der Waals surface area contributed by atoms with E-state index in [0.717, 1.165) is 29.0 Å². The molecule has 0 spiro atoms. The van der Waals surface area contributed by atoms with Crippen molar-refractivity contribution in [2.24, 2.45) is 11.3 Å². The molecule has 10 N–H and O–H groups in total. The Kier molecular flexibility index (Phi) is 16.3. The maximum absolute atomic E-state index is 12.7. The number of hydrogen-bond acceptors (Lipinski definition) is 18. The van der Waals surface area contributed by atoms with Gasteiger partial charge in [0.05, 0.1) is 19.5 Å². The first-order chi connectivity index (χ1) is 24.9. The molecule has 0 radical (unpaired) electrons. The van der Waals surface area contributed by atoms with E-state index in [1.54, 1.807) is 0 Å². The monoisotopic (exact) mass is 851 g/mol. The number of hydrogen-bond donors (Lipinski definition) is 9. The molecule has 2 aromatic heterocycles. The fraction of sp³-hybridized carbons (Fsp3) is 0.692. The van der Waals surface area contributed by atoms with Crippen molar-refractivity contribution in [3.05, 3.63) is 12.7 Å². The van der Waals surface area contributed by atoms with E-state index in [9.17, 15) is 57.9 Å². The molecule has 54 heavy (non-hydrogen) atoms. The first-order valence-electron chi connectivity index (χ1n) is 16.0. The highest BCUT2D eigenvalue weighted by Gasteiger charge is 2.50. The maximum Gasteiger partial charge on any atom is 0.481 e. The fourth-order valence-corrected chi connectivity index (χ4v) is 8.40. The smallest absolute Gasteiger partial charge is 0.386 e. The second-order valence-electron chi connectivity index (χ2n) is 12.9. The number of nitrogens with one attached hydrogen (secondary N) is 2. The van der Waals surface area contributed by atoms with Gasteiger partial charge in [0, 0.05) is 37.1 Å². The molecule has 3 heterocycles. The average Bonchev–Trinajstić information content (AvgIpc) is 3.60. The van der Waals surface area contributed by atoms with Crippen LogP contribution in [0.1, 0.15) is 46.8 Å². The molecular weight excluding hydrogens is 807 g/mol. The van der Waals surface area contributed by atoms with Crippen LogP contribution >= 0.6 is 35.2 Å². The number of anilines is 1. The Balaban J connectivity index is 1.51. The third-order valence-corrected chi connectivity index (χ3v) is 11.3. The van der Waals surface area contributed by atoms with Gasteiger partial charge in [-0.1, -0.05) is 39.5 Å². The van der Waals surface area contributed by atoms with Crippen molar-refractivity contribution < 1.29 is 80.5 Å². The van der Waals surface area contributed by atoms with Gasteiger partial charge in [-0.25, -0.2) is 28.6 Å². The molecule has 0 aliphatic carbocycles. The number of nitrogen functional groups attached to an aromatic ring is 1. The number of nitrogens with zero attached hydrogens (tertiary/aromatic N) is 4. The number of aliphatic hydroxyl groups excluding tert-OH is 2. The SMILES string of the molecule is CC(C)CC(=O)SCCNC(=O)CCNC(=O)C(O)C(C)(C)COP(=O)(O)OP(=O)(O)OCC1OC(n2cnc3c(N)ncnc32)C(O)C1OP(=O)(O)O. The lowest BCUT2D eigenvalue weighted by Gasteiger charge is -2.30. The number of thioether (sulfide) groups is 1. The van der Waals surface area contributed by atoms with Crippen LogP contribution in [0.5, 0.6) is 0 Å². The molecule has 7 atom stereocenters. The summed E-state index contributed by atoms with van der Waals surface area (Å²) >= 11 is 1.10. The van der Waals surface area contributed by atoms with Crippen LogP contribution in [0.2, 0.25) is 0 Å². The molecule has 2 aromatic rings. The second kappa shape index (κ2) is 19.1. The predicted molar refractivity (Wildman–Crippen MR) is 187 cm³/mol. The molecule has 1 saturated heterocycles. The third-order valence-electron chi connectivity index (χ3n) is 7.34. The quantitative estimate of drug-likeness (QED) is 0.0575. The number of aliphatic hydroxyl groups is 2. The van der Waals surface area contributed by atoms with E-state index < -0.39 is 84.6 Å². The van der Waals surface area contributed by atoms with E-state index in [2.05, 4.69) is 34.4 Å². The lowest BCUT2D eigenvalue weighted by Crippen LogP contribution is -2.46. The number of phosphoric ester groups is 3. The normalized spacial score (nSPS) is 22.1. The molecule has 1 fully saturated rings. The van der Waals surface area contributed by atoms with Gasteiger partial charge in [0.15, 0.2) is 22.8 Å². The zero-order valence-corrected chi connectivity index (χ0v) is 32.9. The number of ether oxygens (including phenoxy) is 1. The van der Waals surface area contributed by atoms with Crippen molar-refractivity contribution in [1.29, 1.82) is 0 Å². The minimum Gasteiger partial charge on any atom is -0.386 e. The first kappa shape index (κ1) is 45.9. The molecule has 24 nitrogen and oxygen atoms in total. The molecule has 306 valence electrons. The van der Waals surface area contributed by atoms with Crippen LogP contribution in [0.3, 0.4) is 0 Å². The van der Waals surface area contributed by atoms with Crippen LogP contribution < -0.4 is 16.4 Å². The van der Waals surface area contributed by atoms with Crippen molar-refractivity contribution >= 4 is 69.1 Å². The summed E-state index contributed by atoms with van der Waals surface area (Å²) in [5.74, 6) is -0.844. The zero-order valence-electron chi connectivity index (χ0n) is 29.4. The van der Waals surface area contributed by atoms with Gasteiger partial charge in [0.1, 0.15) is 36.3 Å². The van der Waals surface area contributed by atoms with Gasteiger partial charge in [0.2, 0.25) is 11.8 Å². The highest BCUT2D eigenvalue weighted by atomic mass is 32.2. The van der Waals surface area contributed by atoms with Crippen LogP contribution in [-0.4, -0.2) is 123 Å². The van der Waals surface area contributed by atoms with Gasteiger partial charge in [-0.2, -0.15) is 4.31 Å². The standard InChI is InChI=1S/C26H44N7O17P3S/c1-14(2)9-17(35)54-8-7-28-16(34)5-6-29-24(38)21(37)26(3,4)11-47-53(44,45)50-52(42,43)46-10-15-20(49-51(39,40)41)19(36)25(48-15)33-13-32-18-22(27)30-12-31-23(18)33/h12-15,19-21,25,36-37H,5-11H2,1-4H3,(H,28,34)(H,29,38)(H,42,43)(H,44,45)(H2,27,30,31)(H2,39,40,41). The molecule has 7 unspecified atom stereocenters. The van der Waals surface area contributed by atoms with Gasteiger partial charge >= 0.3 is 23.5 Å². The summed E-state index contributed by atoms with van der Waals surface area (Å²) in [4.78, 5) is 87.1. The van der Waals surface area contributed by atoms with E-state index in [4.69, 9.17) is 19.5 Å². The summed E-state index contributed by atoms with van der Waals surface area (Å²) < 4.78 is 62.0. The molecule has 0 bridgehead atoms. The van der Waals surface area contributed by atoms with Crippen LogP contribution in [0.25, 0.3) is 11.2 Å². The van der Waals surface area contributed by atoms with Gasteiger partial charge in [-0.3, -0.25) is 32.5 Å². The fourth-order valence-electron chi connectivity index (χ4n) is 4.69. The molecule has 2 amide bonds. The Labute approximate surface area is 312 Å². The molecule has 28 heteroatoms. The van der Waals surface area contributed by atoms with Crippen molar-refractivity contribution in [3.63, 3.8) is 0 Å². The highest BCUT2D eigenvalue weighted by molar-refractivity contribution is 8.13. The van der Waals surface area contributed by atoms with Crippen molar-refractivity contribution in [2.75, 3.05) is 37.8 Å². The van der Waals surface area contributed by atoms with E-state index in [0.29, 0.717) is 12.2 Å². The Morgan fingerprint density at radius 3 is 2.37 bits per heavy atom. The molecule has 1 aliphatic heterocycles. The third kappa shape index (κ3) is 13.9. The number of aromatic nitrogens is 4. The molecule has 0 aromatic carbocycles. The number of phosphoric acid groups is 3. The van der Waals surface area contributed by atoms with Gasteiger partial charge in [0.25, 0.3) is 0 Å². The Bertz CT molecular complexity index is 1780. The van der Waals surface area contributed by atoms with Gasteiger partial charge in [-0.15, -0.1) is 0 Å². The minimum absolute atomic E-state index is 0.0104. The molecule has 0 saturated carbocycles. The Morgan fingerprint density at radius 2 is 1.72 bits per heavy atom. The highest BCUT2D eigenvalue weighted by Crippen LogP contribution is 2.61. The number of imidazole rings is 1. The molecular formula is C26H44N7O17P3S. The van der Waals surface area contributed by atoms with Crippen LogP contribution in [-0.2, 0) is 50.7 Å². The zero-order chi connectivity index (χ0) is 40.6. The summed E-state index contributed by atoms with van der Waals surface area (Å²) in [6.07, 6.45) is -6.47. The van der Waals surface area contributed by atoms with Crippen molar-refractivity contribution in [3.8, 4) is 0 Å². The van der Waals surface area contributed by atoms with Crippen molar-refractivity contribution in [2.45, 2.75) is 71.2 Å². The summed E-state index contributed by atoms with van der Waals surface area (Å²) in [7, 11) is -16.4. The van der Waals surface area contributed by atoms with E-state index in [1.807, 2.05) is 13.8 Å². The summed E-state index contributed by atoms with van der Waals surface area (Å²) in [6.45, 7) is 4.36. The summed E-state index contributed by atoms with van der Waals surface area (Å²) in [6, 6.07) is 0. The number of fused-ring (bicyclic) bond motifs is 1. The molecule has 3 rings (SSSR count). The lowest BCUT2D eigenvalue weighted by molar-refractivity contribution is -0.137. The van der Waals surface area contributed by atoms with Crippen molar-refractivity contribution in [1.82, 2.24) is 30.2 Å². The predicted octanol–water partition coefficient (Wildman–Crippen LogP) is -0.289. The average molecular weight is 852 g/mol. The Hall–Kier alpha value is -2.44. The number of rotatable bonds is 21. The number of carbonyl (C=O) groups is 3. The van der Waals surface area contributed by atoms with Gasteiger partial charge in [-0.05, 0) is 5.92 Å². The topological polar surface area (TPSA) is 364 Å². The number of nitrogens with two attached hydrogens (primary N) is 1. The first-order valence-corrected chi connectivity index (χ1v) is 21.5. The summed E-state index contributed by atoms with van der Waals surface area (Å²) in [5.41, 5.74) is 4.27. The minimum atomic E-state index is -5.56. The summed E-state index contributed by atoms with van der Waals surface area (Å²) in [5, 5.41) is 26.3. The van der Waals surface area contributed by atoms with E-state index >= 15 is 0 Å². The van der Waals surface area contributed by atoms with E-state index in [1.165, 1.54) is 13.8 Å². The Morgan fingerprint density at radius 1 is 1.06 bits per heavy atom. The molecule has 1 aliphatic rings. The largest absolute Gasteiger partial charge is 0.481 e. The maximum atomic E-state index is 12.7. The number of amides is 2. The van der Waals surface area contributed by atoms with Gasteiger partial charge < -0.3 is 50.9 Å². The van der Waals surface area contributed by atoms with Crippen LogP contribution in [0, 0.1) is 11.3 Å². The second-order valence-corrected chi connectivity index (χ2v) is 18.3. The van der Waals surface area contributed by atoms with Crippen LogP contribution in [0.15, 0.2) is 12.7 Å².